The van der Waals surface area contributed by atoms with E-state index in [4.69, 9.17) is 4.74 Å². The third kappa shape index (κ3) is 6.19. The molecule has 2 aromatic carbocycles. The Kier molecular flexibility index (Phi) is 8.48. The molecule has 0 heterocycles. The third-order valence-corrected chi connectivity index (χ3v) is 4.96. The first-order chi connectivity index (χ1) is 13.6. The average Bonchev–Trinajstić information content (AvgIpc) is 3.50. The number of methoxy groups -OCH3 is 1. The second kappa shape index (κ2) is 10.6. The van der Waals surface area contributed by atoms with Crippen LogP contribution in [0.2, 0.25) is 0 Å². The molecule has 0 atom stereocenters. The second-order valence-electron chi connectivity index (χ2n) is 6.79. The number of halogens is 3. The Labute approximate surface area is 186 Å². The Morgan fingerprint density at radius 3 is 2.41 bits per heavy atom. The van der Waals surface area contributed by atoms with Crippen LogP contribution in [0.4, 0.5) is 8.78 Å². The molecule has 2 N–H and O–H groups in total. The lowest BCUT2D eigenvalue weighted by Gasteiger charge is -2.19. The first kappa shape index (κ1) is 23.2. The number of nitrogens with one attached hydrogen (secondary N) is 2. The minimum absolute atomic E-state index is 0. The molecular formula is C21H26F2IN3O2. The summed E-state index contributed by atoms with van der Waals surface area (Å²) < 4.78 is 34.7. The predicted octanol–water partition coefficient (Wildman–Crippen LogP) is 4.31. The molecule has 1 fully saturated rings. The number of benzene rings is 2. The van der Waals surface area contributed by atoms with Gasteiger partial charge >= 0.3 is 6.61 Å². The van der Waals surface area contributed by atoms with Gasteiger partial charge in [-0.2, -0.15) is 8.78 Å². The number of guanidine groups is 1. The van der Waals surface area contributed by atoms with Crippen molar-refractivity contribution in [2.45, 2.75) is 31.4 Å². The fourth-order valence-electron chi connectivity index (χ4n) is 3.19. The van der Waals surface area contributed by atoms with Crippen LogP contribution in [0.15, 0.2) is 53.5 Å². The largest absolute Gasteiger partial charge is 0.493 e. The van der Waals surface area contributed by atoms with E-state index in [9.17, 15) is 8.78 Å². The van der Waals surface area contributed by atoms with E-state index in [-0.39, 0.29) is 40.9 Å². The number of hydrogen-bond donors (Lipinski definition) is 2. The molecule has 0 amide bonds. The highest BCUT2D eigenvalue weighted by atomic mass is 127. The van der Waals surface area contributed by atoms with Crippen molar-refractivity contribution in [3.8, 4) is 11.5 Å². The lowest BCUT2D eigenvalue weighted by Crippen LogP contribution is -2.40. The summed E-state index contributed by atoms with van der Waals surface area (Å²) >= 11 is 0. The van der Waals surface area contributed by atoms with Crippen LogP contribution >= 0.6 is 24.0 Å². The average molecular weight is 517 g/mol. The van der Waals surface area contributed by atoms with Gasteiger partial charge in [-0.05, 0) is 36.1 Å². The first-order valence-corrected chi connectivity index (χ1v) is 9.18. The van der Waals surface area contributed by atoms with E-state index < -0.39 is 6.61 Å². The zero-order valence-corrected chi connectivity index (χ0v) is 18.8. The van der Waals surface area contributed by atoms with E-state index in [0.717, 1.165) is 24.9 Å². The van der Waals surface area contributed by atoms with Crippen molar-refractivity contribution < 1.29 is 18.3 Å². The van der Waals surface area contributed by atoms with Crippen molar-refractivity contribution in [3.05, 3.63) is 59.7 Å². The number of rotatable bonds is 8. The van der Waals surface area contributed by atoms with Crippen molar-refractivity contribution in [2.24, 2.45) is 4.99 Å². The van der Waals surface area contributed by atoms with Gasteiger partial charge in [0, 0.05) is 25.6 Å². The fourth-order valence-corrected chi connectivity index (χ4v) is 3.19. The van der Waals surface area contributed by atoms with Crippen molar-refractivity contribution in [2.75, 3.05) is 20.7 Å². The van der Waals surface area contributed by atoms with Crippen LogP contribution in [0.1, 0.15) is 24.0 Å². The second-order valence-corrected chi connectivity index (χ2v) is 6.79. The number of nitrogens with zero attached hydrogens (tertiary/aromatic N) is 1. The van der Waals surface area contributed by atoms with E-state index in [1.54, 1.807) is 19.2 Å². The molecule has 0 radical (unpaired) electrons. The molecule has 0 saturated heterocycles. The summed E-state index contributed by atoms with van der Waals surface area (Å²) in [5, 5.41) is 6.58. The van der Waals surface area contributed by atoms with Crippen LogP contribution in [-0.4, -0.2) is 33.3 Å². The maximum absolute atomic E-state index is 12.6. The number of alkyl halides is 2. The van der Waals surface area contributed by atoms with E-state index in [1.807, 2.05) is 6.07 Å². The zero-order valence-electron chi connectivity index (χ0n) is 16.5. The molecule has 0 unspecified atom stereocenters. The van der Waals surface area contributed by atoms with Crippen molar-refractivity contribution in [1.82, 2.24) is 10.6 Å². The van der Waals surface area contributed by atoms with Crippen LogP contribution in [0.25, 0.3) is 0 Å². The summed E-state index contributed by atoms with van der Waals surface area (Å²) in [5.41, 5.74) is 2.28. The summed E-state index contributed by atoms with van der Waals surface area (Å²) in [6.45, 7) is -1.69. The predicted molar refractivity (Wildman–Crippen MR) is 121 cm³/mol. The van der Waals surface area contributed by atoms with Gasteiger partial charge in [-0.1, -0.05) is 36.4 Å². The van der Waals surface area contributed by atoms with Crippen molar-refractivity contribution >= 4 is 29.9 Å². The fraction of sp³-hybridized carbons (Fsp3) is 0.381. The first-order valence-electron chi connectivity index (χ1n) is 9.18. The van der Waals surface area contributed by atoms with Gasteiger partial charge in [0.2, 0.25) is 0 Å². The standard InChI is InChI=1S/C21H25F2N3O2.HI/c1-24-20(26-14-21(10-11-21)16-6-4-3-5-7-16)25-13-15-8-9-17(27-2)18(12-15)28-19(22)23;/h3-9,12,19H,10-11,13-14H2,1-2H3,(H2,24,25,26);1H. The summed E-state index contributed by atoms with van der Waals surface area (Å²) in [4.78, 5) is 4.25. The molecule has 2 aromatic rings. The minimum Gasteiger partial charge on any atom is -0.493 e. The molecule has 0 spiro atoms. The molecule has 0 aromatic heterocycles. The van der Waals surface area contributed by atoms with E-state index in [0.29, 0.717) is 12.5 Å². The van der Waals surface area contributed by atoms with Crippen LogP contribution in [0.5, 0.6) is 11.5 Å². The monoisotopic (exact) mass is 517 g/mol. The summed E-state index contributed by atoms with van der Waals surface area (Å²) in [6, 6.07) is 15.4. The maximum Gasteiger partial charge on any atom is 0.387 e. The van der Waals surface area contributed by atoms with Crippen molar-refractivity contribution in [3.63, 3.8) is 0 Å². The van der Waals surface area contributed by atoms with Gasteiger partial charge < -0.3 is 20.1 Å². The molecule has 1 saturated carbocycles. The van der Waals surface area contributed by atoms with Gasteiger partial charge in [0.1, 0.15) is 0 Å². The summed E-state index contributed by atoms with van der Waals surface area (Å²) in [6.07, 6.45) is 2.29. The SMILES string of the molecule is CN=C(NCc1ccc(OC)c(OC(F)F)c1)NCC1(c2ccccc2)CC1.I. The number of aliphatic imine (C=N–C) groups is 1. The summed E-state index contributed by atoms with van der Waals surface area (Å²) in [7, 11) is 3.12. The molecule has 29 heavy (non-hydrogen) atoms. The Morgan fingerprint density at radius 2 is 1.83 bits per heavy atom. The minimum atomic E-state index is -2.90. The number of ether oxygens (including phenoxy) is 2. The Morgan fingerprint density at radius 1 is 1.10 bits per heavy atom. The molecule has 0 aliphatic heterocycles. The van der Waals surface area contributed by atoms with Crippen molar-refractivity contribution in [1.29, 1.82) is 0 Å². The number of hydrogen-bond acceptors (Lipinski definition) is 3. The van der Waals surface area contributed by atoms with Gasteiger partial charge in [-0.3, -0.25) is 4.99 Å². The highest BCUT2D eigenvalue weighted by Crippen LogP contribution is 2.47. The Hall–Kier alpha value is -2.10. The van der Waals surface area contributed by atoms with Crippen LogP contribution in [0, 0.1) is 0 Å². The molecule has 8 heteroatoms. The molecule has 1 aliphatic rings. The van der Waals surface area contributed by atoms with Gasteiger partial charge in [0.25, 0.3) is 0 Å². The van der Waals surface area contributed by atoms with Gasteiger partial charge in [0.15, 0.2) is 17.5 Å². The van der Waals surface area contributed by atoms with Gasteiger partial charge in [0.05, 0.1) is 7.11 Å². The highest BCUT2D eigenvalue weighted by Gasteiger charge is 2.43. The van der Waals surface area contributed by atoms with Gasteiger partial charge in [-0.15, -0.1) is 24.0 Å². The topological polar surface area (TPSA) is 54.9 Å². The van der Waals surface area contributed by atoms with Gasteiger partial charge in [-0.25, -0.2) is 0 Å². The van der Waals surface area contributed by atoms with Crippen LogP contribution < -0.4 is 20.1 Å². The smallest absolute Gasteiger partial charge is 0.387 e. The molecule has 0 bridgehead atoms. The van der Waals surface area contributed by atoms with E-state index in [2.05, 4.69) is 44.6 Å². The lowest BCUT2D eigenvalue weighted by atomic mass is 9.96. The highest BCUT2D eigenvalue weighted by molar-refractivity contribution is 14.0. The Bertz CT molecular complexity index is 815. The molecule has 3 rings (SSSR count). The van der Waals surface area contributed by atoms with Crippen LogP contribution in [-0.2, 0) is 12.0 Å². The normalized spacial score (nSPS) is 14.7. The summed E-state index contributed by atoms with van der Waals surface area (Å²) in [5.74, 6) is 0.945. The third-order valence-electron chi connectivity index (χ3n) is 4.96. The quantitative estimate of drug-likeness (QED) is 0.312. The lowest BCUT2D eigenvalue weighted by molar-refractivity contribution is -0.0512. The molecular weight excluding hydrogens is 491 g/mol. The van der Waals surface area contributed by atoms with E-state index >= 15 is 0 Å². The molecule has 1 aliphatic carbocycles. The van der Waals surface area contributed by atoms with Crippen LogP contribution in [0.3, 0.4) is 0 Å². The molecule has 5 nitrogen and oxygen atoms in total. The Balaban J connectivity index is 0.00000300. The zero-order chi connectivity index (χ0) is 20.0. The molecule has 158 valence electrons. The maximum atomic E-state index is 12.6. The van der Waals surface area contributed by atoms with E-state index in [1.165, 1.54) is 18.7 Å².